The highest BCUT2D eigenvalue weighted by molar-refractivity contribution is 5.92. The van der Waals surface area contributed by atoms with Gasteiger partial charge in [0.25, 0.3) is 0 Å². The normalized spacial score (nSPS) is 12.7. The van der Waals surface area contributed by atoms with Crippen LogP contribution in [-0.4, -0.2) is 29.9 Å². The highest BCUT2D eigenvalue weighted by atomic mass is 16.5. The first-order valence-electron chi connectivity index (χ1n) is 11.6. The van der Waals surface area contributed by atoms with E-state index in [2.05, 4.69) is 10.6 Å². The molecule has 0 aliphatic carbocycles. The molecule has 1 unspecified atom stereocenters. The molecule has 3 aromatic rings. The van der Waals surface area contributed by atoms with E-state index in [1.165, 1.54) is 6.92 Å². The van der Waals surface area contributed by atoms with Gasteiger partial charge in [-0.1, -0.05) is 86.6 Å². The monoisotopic (exact) mass is 460 g/mol. The molecule has 2 atom stereocenters. The lowest BCUT2D eigenvalue weighted by Crippen LogP contribution is -2.52. The van der Waals surface area contributed by atoms with Gasteiger partial charge in [-0.2, -0.15) is 0 Å². The molecule has 0 heterocycles. The minimum absolute atomic E-state index is 0.0959. The predicted octanol–water partition coefficient (Wildman–Crippen LogP) is 4.80. The summed E-state index contributed by atoms with van der Waals surface area (Å²) in [5.74, 6) is -0.294. The molecule has 0 saturated carbocycles. The second kappa shape index (κ2) is 12.0. The van der Waals surface area contributed by atoms with Crippen LogP contribution in [0.5, 0.6) is 0 Å². The van der Waals surface area contributed by atoms with E-state index in [9.17, 15) is 14.4 Å². The van der Waals surface area contributed by atoms with Crippen molar-refractivity contribution in [3.05, 3.63) is 83.9 Å². The van der Waals surface area contributed by atoms with Crippen molar-refractivity contribution >= 4 is 28.6 Å². The van der Waals surface area contributed by atoms with Crippen LogP contribution in [0.1, 0.15) is 38.3 Å². The molecular formula is C28H32N2O4. The summed E-state index contributed by atoms with van der Waals surface area (Å²) < 4.78 is 5.35. The maximum atomic E-state index is 13.3. The number of fused-ring (bicyclic) bond motifs is 1. The first kappa shape index (κ1) is 25.0. The maximum absolute atomic E-state index is 13.3. The summed E-state index contributed by atoms with van der Waals surface area (Å²) in [4.78, 5) is 38.0. The first-order chi connectivity index (χ1) is 16.3. The van der Waals surface area contributed by atoms with Crippen molar-refractivity contribution in [2.45, 2.75) is 52.3 Å². The van der Waals surface area contributed by atoms with E-state index in [4.69, 9.17) is 4.74 Å². The maximum Gasteiger partial charge on any atom is 0.408 e. The molecule has 2 N–H and O–H groups in total. The molecule has 3 rings (SSSR count). The summed E-state index contributed by atoms with van der Waals surface area (Å²) in [5, 5.41) is 7.61. The van der Waals surface area contributed by atoms with Crippen LogP contribution >= 0.6 is 0 Å². The van der Waals surface area contributed by atoms with Crippen LogP contribution in [0.2, 0.25) is 0 Å². The van der Waals surface area contributed by atoms with Gasteiger partial charge in [-0.3, -0.25) is 9.59 Å². The average molecular weight is 461 g/mol. The van der Waals surface area contributed by atoms with Crippen molar-refractivity contribution in [1.82, 2.24) is 10.6 Å². The minimum atomic E-state index is -0.900. The fraction of sp³-hybridized carbons (Fsp3) is 0.321. The van der Waals surface area contributed by atoms with E-state index in [0.717, 1.165) is 21.9 Å². The van der Waals surface area contributed by atoms with E-state index in [1.807, 2.05) is 86.6 Å². The van der Waals surface area contributed by atoms with Gasteiger partial charge in [0.15, 0.2) is 5.78 Å². The number of carbonyl (C=O) groups is 3. The fourth-order valence-electron chi connectivity index (χ4n) is 3.88. The molecule has 6 nitrogen and oxygen atoms in total. The zero-order valence-corrected chi connectivity index (χ0v) is 19.9. The first-order valence-corrected chi connectivity index (χ1v) is 11.6. The standard InChI is InChI=1S/C28H32N2O4/c1-19(2)16-25(20(3)31)29-27(32)26(30-28(33)34-18-21-10-5-4-6-11-21)17-23-14-9-13-22-12-7-8-15-24(22)23/h4-15,19,25-26H,16-18H2,1-3H3,(H,29,32)(H,30,33)/t25-,26?/m0/s1. The number of hydrogen-bond donors (Lipinski definition) is 2. The molecule has 178 valence electrons. The Morgan fingerprint density at radius 2 is 1.50 bits per heavy atom. The molecule has 0 fully saturated rings. The van der Waals surface area contributed by atoms with Gasteiger partial charge in [0, 0.05) is 6.42 Å². The highest BCUT2D eigenvalue weighted by Gasteiger charge is 2.27. The number of amides is 2. The number of hydrogen-bond acceptors (Lipinski definition) is 4. The zero-order chi connectivity index (χ0) is 24.5. The molecule has 0 spiro atoms. The van der Waals surface area contributed by atoms with Gasteiger partial charge >= 0.3 is 6.09 Å². The van der Waals surface area contributed by atoms with Crippen molar-refractivity contribution in [2.75, 3.05) is 0 Å². The molecule has 0 radical (unpaired) electrons. The second-order valence-corrected chi connectivity index (χ2v) is 8.90. The largest absolute Gasteiger partial charge is 0.445 e. The average Bonchev–Trinajstić information content (AvgIpc) is 2.82. The smallest absolute Gasteiger partial charge is 0.408 e. The van der Waals surface area contributed by atoms with Crippen LogP contribution in [0.4, 0.5) is 4.79 Å². The lowest BCUT2D eigenvalue weighted by Gasteiger charge is -2.23. The molecular weight excluding hydrogens is 428 g/mol. The number of rotatable bonds is 10. The molecule has 0 aliphatic heterocycles. The highest BCUT2D eigenvalue weighted by Crippen LogP contribution is 2.20. The Morgan fingerprint density at radius 3 is 2.21 bits per heavy atom. The van der Waals surface area contributed by atoms with E-state index in [1.54, 1.807) is 0 Å². The summed E-state index contributed by atoms with van der Waals surface area (Å²) in [7, 11) is 0. The summed E-state index contributed by atoms with van der Waals surface area (Å²) in [6.45, 7) is 5.55. The van der Waals surface area contributed by atoms with Gasteiger partial charge < -0.3 is 15.4 Å². The van der Waals surface area contributed by atoms with Gasteiger partial charge in [0.1, 0.15) is 12.6 Å². The third kappa shape index (κ3) is 7.17. The number of ketones is 1. The van der Waals surface area contributed by atoms with Gasteiger partial charge in [-0.15, -0.1) is 0 Å². The number of benzene rings is 3. The van der Waals surface area contributed by atoms with Gasteiger partial charge in [0.2, 0.25) is 5.91 Å². The topological polar surface area (TPSA) is 84.5 Å². The lowest BCUT2D eigenvalue weighted by atomic mass is 9.97. The number of nitrogens with one attached hydrogen (secondary N) is 2. The molecule has 0 aliphatic rings. The van der Waals surface area contributed by atoms with E-state index >= 15 is 0 Å². The summed E-state index contributed by atoms with van der Waals surface area (Å²) in [6, 6.07) is 21.6. The third-order valence-electron chi connectivity index (χ3n) is 5.64. The quantitative estimate of drug-likeness (QED) is 0.455. The van der Waals surface area contributed by atoms with E-state index < -0.39 is 24.1 Å². The molecule has 6 heteroatoms. The predicted molar refractivity (Wildman–Crippen MR) is 133 cm³/mol. The third-order valence-corrected chi connectivity index (χ3v) is 5.64. The zero-order valence-electron chi connectivity index (χ0n) is 19.9. The summed E-state index contributed by atoms with van der Waals surface area (Å²) in [6.07, 6.45) is 0.105. The Hall–Kier alpha value is -3.67. The number of carbonyl (C=O) groups excluding carboxylic acids is 3. The number of Topliss-reactive ketones (excluding diaryl/α,β-unsaturated/α-hetero) is 1. The van der Waals surface area contributed by atoms with Gasteiger partial charge in [-0.05, 0) is 41.2 Å². The van der Waals surface area contributed by atoms with Crippen LogP contribution in [0, 0.1) is 5.92 Å². The van der Waals surface area contributed by atoms with Gasteiger partial charge in [-0.25, -0.2) is 4.79 Å². The van der Waals surface area contributed by atoms with Crippen LogP contribution in [0.3, 0.4) is 0 Å². The molecule has 3 aromatic carbocycles. The molecule has 0 saturated heterocycles. The van der Waals surface area contributed by atoms with Crippen LogP contribution in [0.25, 0.3) is 10.8 Å². The Labute approximate surface area is 200 Å². The van der Waals surface area contributed by atoms with Crippen molar-refractivity contribution in [3.63, 3.8) is 0 Å². The van der Waals surface area contributed by atoms with Crippen molar-refractivity contribution in [3.8, 4) is 0 Å². The van der Waals surface area contributed by atoms with Crippen LogP contribution in [0.15, 0.2) is 72.8 Å². The Bertz CT molecular complexity index is 1120. The minimum Gasteiger partial charge on any atom is -0.445 e. The fourth-order valence-corrected chi connectivity index (χ4v) is 3.88. The van der Waals surface area contributed by atoms with E-state index in [0.29, 0.717) is 6.42 Å². The Balaban J connectivity index is 1.79. The SMILES string of the molecule is CC(=O)[C@H](CC(C)C)NC(=O)C(Cc1cccc2ccccc12)NC(=O)OCc1ccccc1. The number of alkyl carbamates (subject to hydrolysis) is 1. The molecule has 34 heavy (non-hydrogen) atoms. The second-order valence-electron chi connectivity index (χ2n) is 8.90. The van der Waals surface area contributed by atoms with Crippen LogP contribution in [-0.2, 0) is 27.4 Å². The molecule has 0 bridgehead atoms. The van der Waals surface area contributed by atoms with Gasteiger partial charge in [0.05, 0.1) is 6.04 Å². The van der Waals surface area contributed by atoms with Crippen LogP contribution < -0.4 is 10.6 Å². The van der Waals surface area contributed by atoms with E-state index in [-0.39, 0.29) is 24.7 Å². The van der Waals surface area contributed by atoms with Crippen molar-refractivity contribution in [2.24, 2.45) is 5.92 Å². The lowest BCUT2D eigenvalue weighted by molar-refractivity contribution is -0.128. The molecule has 2 amide bonds. The Morgan fingerprint density at radius 1 is 0.824 bits per heavy atom. The summed E-state index contributed by atoms with van der Waals surface area (Å²) >= 11 is 0. The summed E-state index contributed by atoms with van der Waals surface area (Å²) in [5.41, 5.74) is 1.77. The Kier molecular flexibility index (Phi) is 8.79. The number of ether oxygens (including phenoxy) is 1. The van der Waals surface area contributed by atoms with Crippen molar-refractivity contribution in [1.29, 1.82) is 0 Å². The molecule has 0 aromatic heterocycles. The van der Waals surface area contributed by atoms with Crippen molar-refractivity contribution < 1.29 is 19.1 Å².